The highest BCUT2D eigenvalue weighted by Gasteiger charge is 2.12. The van der Waals surface area contributed by atoms with E-state index >= 15 is 0 Å². The molecule has 0 atom stereocenters. The van der Waals surface area contributed by atoms with E-state index in [2.05, 4.69) is 28.3 Å². The van der Waals surface area contributed by atoms with E-state index in [-0.39, 0.29) is 24.7 Å². The number of nitrogens with zero attached hydrogens (tertiary/aromatic N) is 3. The van der Waals surface area contributed by atoms with Crippen LogP contribution in [0.4, 0.5) is 5.13 Å². The number of thiazole rings is 1. The van der Waals surface area contributed by atoms with Crippen molar-refractivity contribution in [3.05, 3.63) is 34.5 Å². The number of nitriles is 1. The average molecular weight is 433 g/mol. The smallest absolute Gasteiger partial charge is 0.311 e. The first-order valence-corrected chi connectivity index (χ1v) is 11.3. The molecule has 0 fully saturated rings. The lowest BCUT2D eigenvalue weighted by atomic mass is 10.2. The number of anilines is 1. The molecule has 0 spiro atoms. The SMILES string of the molecule is CCCCc1ccc(C#N)c(SCCC(=O)Nc2nc(CC(=O)OCC)cs2)n1. The van der Waals surface area contributed by atoms with Crippen LogP contribution in [0.3, 0.4) is 0 Å². The van der Waals surface area contributed by atoms with Crippen molar-refractivity contribution in [2.45, 2.75) is 51.0 Å². The van der Waals surface area contributed by atoms with Crippen molar-refractivity contribution >= 4 is 40.1 Å². The van der Waals surface area contributed by atoms with Crippen LogP contribution in [0.15, 0.2) is 22.5 Å². The summed E-state index contributed by atoms with van der Waals surface area (Å²) >= 11 is 2.67. The van der Waals surface area contributed by atoms with Crippen LogP contribution in [-0.4, -0.2) is 34.2 Å². The number of nitrogens with one attached hydrogen (secondary N) is 1. The molecule has 0 aliphatic carbocycles. The second kappa shape index (κ2) is 12.2. The van der Waals surface area contributed by atoms with E-state index in [1.165, 1.54) is 23.1 Å². The van der Waals surface area contributed by atoms with Gasteiger partial charge in [-0.15, -0.1) is 23.1 Å². The van der Waals surface area contributed by atoms with E-state index in [0.29, 0.717) is 33.8 Å². The molecule has 2 aromatic heterocycles. The summed E-state index contributed by atoms with van der Waals surface area (Å²) < 4.78 is 4.89. The Morgan fingerprint density at radius 2 is 2.10 bits per heavy atom. The van der Waals surface area contributed by atoms with Gasteiger partial charge in [0, 0.05) is 23.2 Å². The molecule has 0 aliphatic heterocycles. The molecule has 0 aliphatic rings. The van der Waals surface area contributed by atoms with E-state index in [4.69, 9.17) is 4.74 Å². The zero-order valence-electron chi connectivity index (χ0n) is 16.6. The minimum Gasteiger partial charge on any atom is -0.466 e. The molecule has 154 valence electrons. The fraction of sp³-hybridized carbons (Fsp3) is 0.450. The van der Waals surface area contributed by atoms with Gasteiger partial charge in [0.2, 0.25) is 5.91 Å². The summed E-state index contributed by atoms with van der Waals surface area (Å²) in [5.41, 5.74) is 2.07. The summed E-state index contributed by atoms with van der Waals surface area (Å²) in [6.07, 6.45) is 3.38. The van der Waals surface area contributed by atoms with Crippen molar-refractivity contribution in [3.8, 4) is 6.07 Å². The highest BCUT2D eigenvalue weighted by atomic mass is 32.2. The van der Waals surface area contributed by atoms with Gasteiger partial charge in [-0.25, -0.2) is 9.97 Å². The maximum atomic E-state index is 12.2. The maximum Gasteiger partial charge on any atom is 0.311 e. The van der Waals surface area contributed by atoms with E-state index in [1.54, 1.807) is 18.4 Å². The first-order valence-electron chi connectivity index (χ1n) is 9.48. The van der Waals surface area contributed by atoms with Gasteiger partial charge in [0.25, 0.3) is 0 Å². The predicted molar refractivity (Wildman–Crippen MR) is 114 cm³/mol. The van der Waals surface area contributed by atoms with Gasteiger partial charge in [0.05, 0.1) is 24.3 Å². The molecule has 29 heavy (non-hydrogen) atoms. The van der Waals surface area contributed by atoms with E-state index in [0.717, 1.165) is 25.0 Å². The molecule has 1 amide bonds. The molecule has 0 saturated heterocycles. The molecule has 9 heteroatoms. The van der Waals surface area contributed by atoms with Crippen LogP contribution in [0.25, 0.3) is 0 Å². The van der Waals surface area contributed by atoms with Crippen LogP contribution in [0.5, 0.6) is 0 Å². The number of rotatable bonds is 11. The molecule has 0 bridgehead atoms. The summed E-state index contributed by atoms with van der Waals surface area (Å²) in [5, 5.41) is 14.9. The third kappa shape index (κ3) is 7.83. The number of ether oxygens (including phenoxy) is 1. The quantitative estimate of drug-likeness (QED) is 0.423. The highest BCUT2D eigenvalue weighted by Crippen LogP contribution is 2.22. The Balaban J connectivity index is 1.83. The first-order chi connectivity index (χ1) is 14.0. The standard InChI is InChI=1S/C20H24N4O3S2/c1-3-5-6-15-8-7-14(12-21)19(22-15)28-10-9-17(25)24-20-23-16(13-29-20)11-18(26)27-4-2/h7-8,13H,3-6,9-11H2,1-2H3,(H,23,24,25). The molecule has 2 heterocycles. The van der Waals surface area contributed by atoms with Gasteiger partial charge >= 0.3 is 5.97 Å². The number of amides is 1. The van der Waals surface area contributed by atoms with Crippen molar-refractivity contribution in [1.29, 1.82) is 5.26 Å². The normalized spacial score (nSPS) is 10.4. The zero-order chi connectivity index (χ0) is 21.1. The number of hydrogen-bond acceptors (Lipinski definition) is 8. The molecule has 2 aromatic rings. The summed E-state index contributed by atoms with van der Waals surface area (Å²) in [7, 11) is 0. The van der Waals surface area contributed by atoms with Crippen molar-refractivity contribution in [2.75, 3.05) is 17.7 Å². The third-order valence-electron chi connectivity index (χ3n) is 3.82. The highest BCUT2D eigenvalue weighted by molar-refractivity contribution is 7.99. The number of aromatic nitrogens is 2. The topological polar surface area (TPSA) is 105 Å². The van der Waals surface area contributed by atoms with Crippen LogP contribution < -0.4 is 5.32 Å². The minimum absolute atomic E-state index is 0.0903. The second-order valence-corrected chi connectivity index (χ2v) is 8.08. The third-order valence-corrected chi connectivity index (χ3v) is 5.62. The predicted octanol–water partition coefficient (Wildman–Crippen LogP) is 3.98. The molecule has 7 nitrogen and oxygen atoms in total. The van der Waals surface area contributed by atoms with Crippen molar-refractivity contribution in [3.63, 3.8) is 0 Å². The Labute approximate surface area is 178 Å². The molecule has 2 rings (SSSR count). The minimum atomic E-state index is -0.339. The van der Waals surface area contributed by atoms with Crippen LogP contribution in [-0.2, 0) is 27.2 Å². The van der Waals surface area contributed by atoms with Gasteiger partial charge in [0.1, 0.15) is 11.1 Å². The fourth-order valence-electron chi connectivity index (χ4n) is 2.40. The number of esters is 1. The molecule has 0 aromatic carbocycles. The lowest BCUT2D eigenvalue weighted by Gasteiger charge is -2.06. The zero-order valence-corrected chi connectivity index (χ0v) is 18.2. The number of carbonyl (C=O) groups excluding carboxylic acids is 2. The molecular formula is C20H24N4O3S2. The number of hydrogen-bond donors (Lipinski definition) is 1. The molecule has 0 radical (unpaired) electrons. The van der Waals surface area contributed by atoms with Crippen LogP contribution in [0, 0.1) is 11.3 Å². The van der Waals surface area contributed by atoms with Crippen molar-refractivity contribution < 1.29 is 14.3 Å². The molecule has 0 unspecified atom stereocenters. The Morgan fingerprint density at radius 3 is 2.83 bits per heavy atom. The van der Waals surface area contributed by atoms with Gasteiger partial charge in [-0.1, -0.05) is 13.3 Å². The Kier molecular flexibility index (Phi) is 9.60. The molecule has 1 N–H and O–H groups in total. The first kappa shape index (κ1) is 22.8. The summed E-state index contributed by atoms with van der Waals surface area (Å²) in [6.45, 7) is 4.20. The Hall–Kier alpha value is -2.44. The summed E-state index contributed by atoms with van der Waals surface area (Å²) in [4.78, 5) is 32.4. The average Bonchev–Trinajstić information content (AvgIpc) is 3.13. The van der Waals surface area contributed by atoms with E-state index < -0.39 is 0 Å². The monoisotopic (exact) mass is 432 g/mol. The number of unbranched alkanes of at least 4 members (excludes halogenated alkanes) is 1. The number of thioether (sulfide) groups is 1. The van der Waals surface area contributed by atoms with E-state index in [9.17, 15) is 14.9 Å². The van der Waals surface area contributed by atoms with Crippen LogP contribution in [0.2, 0.25) is 0 Å². The molecular weight excluding hydrogens is 408 g/mol. The maximum absolute atomic E-state index is 12.2. The van der Waals surface area contributed by atoms with Gasteiger partial charge < -0.3 is 10.1 Å². The molecule has 0 saturated carbocycles. The van der Waals surface area contributed by atoms with Gasteiger partial charge in [0.15, 0.2) is 5.13 Å². The number of carbonyl (C=O) groups is 2. The van der Waals surface area contributed by atoms with E-state index in [1.807, 2.05) is 6.07 Å². The second-order valence-electron chi connectivity index (χ2n) is 6.14. The number of aryl methyl sites for hydroxylation is 1. The largest absolute Gasteiger partial charge is 0.466 e. The van der Waals surface area contributed by atoms with Crippen molar-refractivity contribution in [1.82, 2.24) is 9.97 Å². The Bertz CT molecular complexity index is 877. The summed E-state index contributed by atoms with van der Waals surface area (Å²) in [6, 6.07) is 5.84. The van der Waals surface area contributed by atoms with Gasteiger partial charge in [-0.3, -0.25) is 9.59 Å². The van der Waals surface area contributed by atoms with Crippen molar-refractivity contribution in [2.24, 2.45) is 0 Å². The lowest BCUT2D eigenvalue weighted by Crippen LogP contribution is -2.12. The fourth-order valence-corrected chi connectivity index (χ4v) is 4.06. The van der Waals surface area contributed by atoms with Crippen LogP contribution in [0.1, 0.15) is 50.1 Å². The van der Waals surface area contributed by atoms with Gasteiger partial charge in [-0.05, 0) is 31.9 Å². The van der Waals surface area contributed by atoms with Crippen LogP contribution >= 0.6 is 23.1 Å². The lowest BCUT2D eigenvalue weighted by molar-refractivity contribution is -0.142. The summed E-state index contributed by atoms with van der Waals surface area (Å²) in [5.74, 6) is -0.00422. The number of pyridine rings is 1. The van der Waals surface area contributed by atoms with Gasteiger partial charge in [-0.2, -0.15) is 5.26 Å². The Morgan fingerprint density at radius 1 is 1.28 bits per heavy atom.